The zero-order valence-electron chi connectivity index (χ0n) is 20.3. The summed E-state index contributed by atoms with van der Waals surface area (Å²) in [4.78, 5) is 54.9. The number of hydrogen-bond donors (Lipinski definition) is 0. The highest BCUT2D eigenvalue weighted by Gasteiger charge is 2.27. The minimum atomic E-state index is -0.411. The highest BCUT2D eigenvalue weighted by molar-refractivity contribution is 6.25. The third-order valence-corrected chi connectivity index (χ3v) is 6.28. The molecular weight excluding hydrogens is 472 g/mol. The van der Waals surface area contributed by atoms with Crippen molar-refractivity contribution in [1.29, 1.82) is 0 Å². The molecule has 0 fully saturated rings. The van der Waals surface area contributed by atoms with Crippen LogP contribution in [-0.4, -0.2) is 23.1 Å². The summed E-state index contributed by atoms with van der Waals surface area (Å²) in [5.74, 6) is -1.65. The summed E-state index contributed by atoms with van der Waals surface area (Å²) in [6.45, 7) is 0. The van der Waals surface area contributed by atoms with E-state index in [1.807, 2.05) is 0 Å². The van der Waals surface area contributed by atoms with Crippen molar-refractivity contribution in [2.45, 2.75) is 0 Å². The van der Waals surface area contributed by atoms with Gasteiger partial charge in [-0.25, -0.2) is 0 Å². The van der Waals surface area contributed by atoms with Crippen LogP contribution in [0.2, 0.25) is 0 Å². The fraction of sp³-hybridized carbons (Fsp3) is 0. The Balaban J connectivity index is 1.78. The van der Waals surface area contributed by atoms with Crippen LogP contribution < -0.4 is 0 Å². The Hall–Kier alpha value is -5.22. The van der Waals surface area contributed by atoms with Gasteiger partial charge in [0, 0.05) is 44.5 Å². The van der Waals surface area contributed by atoms with Gasteiger partial charge in [-0.3, -0.25) is 19.2 Å². The van der Waals surface area contributed by atoms with Gasteiger partial charge < -0.3 is 0 Å². The summed E-state index contributed by atoms with van der Waals surface area (Å²) in [5.41, 5.74) is 1.74. The lowest BCUT2D eigenvalue weighted by molar-refractivity contribution is 0.0993. The Labute approximate surface area is 220 Å². The van der Waals surface area contributed by atoms with Crippen molar-refractivity contribution < 1.29 is 19.2 Å². The highest BCUT2D eigenvalue weighted by atomic mass is 16.1. The number of carbonyl (C=O) groups is 4. The zero-order chi connectivity index (χ0) is 26.5. The zero-order valence-corrected chi connectivity index (χ0v) is 20.3. The molecule has 0 amide bonds. The van der Waals surface area contributed by atoms with Gasteiger partial charge in [0.05, 0.1) is 0 Å². The topological polar surface area (TPSA) is 68.3 Å². The molecule has 5 aromatic rings. The molecule has 4 nitrogen and oxygen atoms in total. The van der Waals surface area contributed by atoms with Crippen molar-refractivity contribution in [2.75, 3.05) is 0 Å². The van der Waals surface area contributed by atoms with Gasteiger partial charge in [0.25, 0.3) is 0 Å². The number of benzene rings is 5. The van der Waals surface area contributed by atoms with E-state index in [1.165, 1.54) is 12.1 Å². The van der Waals surface area contributed by atoms with Crippen LogP contribution in [0.5, 0.6) is 0 Å². The molecule has 182 valence electrons. The lowest BCUT2D eigenvalue weighted by Crippen LogP contribution is -2.18. The van der Waals surface area contributed by atoms with Gasteiger partial charge >= 0.3 is 0 Å². The first kappa shape index (κ1) is 24.5. The molecule has 38 heavy (non-hydrogen) atoms. The van der Waals surface area contributed by atoms with E-state index in [4.69, 9.17) is 0 Å². The normalized spacial score (nSPS) is 10.5. The van der Waals surface area contributed by atoms with Gasteiger partial charge in [0.15, 0.2) is 23.1 Å². The van der Waals surface area contributed by atoms with Crippen LogP contribution >= 0.6 is 0 Å². The third-order valence-electron chi connectivity index (χ3n) is 6.28. The molecule has 0 bridgehead atoms. The largest absolute Gasteiger partial charge is 0.289 e. The summed E-state index contributed by atoms with van der Waals surface area (Å²) in [7, 11) is 0. The fourth-order valence-electron chi connectivity index (χ4n) is 4.33. The van der Waals surface area contributed by atoms with Crippen molar-refractivity contribution in [1.82, 2.24) is 0 Å². The first-order valence-corrected chi connectivity index (χ1v) is 12.1. The number of carbonyl (C=O) groups excluding carboxylic acids is 4. The predicted octanol–water partition coefficient (Wildman–Crippen LogP) is 6.61. The number of hydrogen-bond acceptors (Lipinski definition) is 4. The van der Waals surface area contributed by atoms with Crippen LogP contribution in [0, 0.1) is 0 Å². The summed E-state index contributed by atoms with van der Waals surface area (Å²) >= 11 is 0. The first-order valence-electron chi connectivity index (χ1n) is 12.1. The molecule has 0 heterocycles. The lowest BCUT2D eigenvalue weighted by Gasteiger charge is -2.15. The van der Waals surface area contributed by atoms with E-state index in [9.17, 15) is 19.2 Å². The molecule has 0 radical (unpaired) electrons. The summed E-state index contributed by atoms with van der Waals surface area (Å²) in [5, 5.41) is 0. The first-order chi connectivity index (χ1) is 18.5. The molecule has 0 atom stereocenters. The second-order valence-electron chi connectivity index (χ2n) is 8.72. The summed E-state index contributed by atoms with van der Waals surface area (Å²) in [6.07, 6.45) is 0. The van der Waals surface area contributed by atoms with E-state index in [0.29, 0.717) is 22.3 Å². The molecule has 5 rings (SSSR count). The minimum Gasteiger partial charge on any atom is -0.289 e. The standard InChI is InChI=1S/C34H22O4/c35-31(23-13-5-1-6-14-23)27-21-29(33(37)25-17-9-3-10-18-25)30(34(38)26-19-11-4-12-20-26)22-28(27)32(36)24-15-7-2-8-16-24/h1-22H. The van der Waals surface area contributed by atoms with Gasteiger partial charge in [0.2, 0.25) is 0 Å². The van der Waals surface area contributed by atoms with Gasteiger partial charge in [-0.15, -0.1) is 0 Å². The molecule has 4 heteroatoms. The van der Waals surface area contributed by atoms with Gasteiger partial charge in [-0.1, -0.05) is 121 Å². The molecule has 0 aliphatic rings. The average Bonchev–Trinajstić information content (AvgIpc) is 3.00. The molecule has 0 aliphatic heterocycles. The van der Waals surface area contributed by atoms with Crippen molar-refractivity contribution >= 4 is 23.1 Å². The van der Waals surface area contributed by atoms with Crippen molar-refractivity contribution in [3.05, 3.63) is 178 Å². The molecule has 0 saturated carbocycles. The van der Waals surface area contributed by atoms with E-state index in [0.717, 1.165) is 0 Å². The van der Waals surface area contributed by atoms with E-state index >= 15 is 0 Å². The molecule has 0 spiro atoms. The van der Waals surface area contributed by atoms with Crippen LogP contribution in [0.15, 0.2) is 133 Å². The highest BCUT2D eigenvalue weighted by Crippen LogP contribution is 2.27. The minimum absolute atomic E-state index is 0.0638. The van der Waals surface area contributed by atoms with Crippen molar-refractivity contribution in [3.8, 4) is 0 Å². The maximum Gasteiger partial charge on any atom is 0.193 e. The number of ketones is 4. The van der Waals surface area contributed by atoms with E-state index in [1.54, 1.807) is 121 Å². The molecule has 0 unspecified atom stereocenters. The van der Waals surface area contributed by atoms with Crippen LogP contribution in [0.1, 0.15) is 63.7 Å². The number of rotatable bonds is 8. The monoisotopic (exact) mass is 494 g/mol. The molecular formula is C34H22O4. The fourth-order valence-corrected chi connectivity index (χ4v) is 4.33. The van der Waals surface area contributed by atoms with Gasteiger partial charge in [0.1, 0.15) is 0 Å². The second kappa shape index (κ2) is 10.8. The predicted molar refractivity (Wildman–Crippen MR) is 146 cm³/mol. The van der Waals surface area contributed by atoms with Crippen LogP contribution in [-0.2, 0) is 0 Å². The van der Waals surface area contributed by atoms with Gasteiger partial charge in [-0.05, 0) is 12.1 Å². The SMILES string of the molecule is O=C(c1ccccc1)c1cc(C(=O)c2ccccc2)c(C(=O)c2ccccc2)cc1C(=O)c1ccccc1. The van der Waals surface area contributed by atoms with E-state index in [-0.39, 0.29) is 22.3 Å². The van der Waals surface area contributed by atoms with Gasteiger partial charge in [-0.2, -0.15) is 0 Å². The average molecular weight is 495 g/mol. The lowest BCUT2D eigenvalue weighted by atomic mass is 9.85. The Morgan fingerprint density at radius 1 is 0.289 bits per heavy atom. The Morgan fingerprint density at radius 3 is 0.658 bits per heavy atom. The summed E-state index contributed by atoms with van der Waals surface area (Å²) < 4.78 is 0. The van der Waals surface area contributed by atoms with Crippen LogP contribution in [0.25, 0.3) is 0 Å². The maximum absolute atomic E-state index is 13.7. The molecule has 0 saturated heterocycles. The molecule has 0 aliphatic carbocycles. The van der Waals surface area contributed by atoms with Crippen LogP contribution in [0.3, 0.4) is 0 Å². The second-order valence-corrected chi connectivity index (χ2v) is 8.72. The van der Waals surface area contributed by atoms with Crippen molar-refractivity contribution in [2.24, 2.45) is 0 Å². The quantitative estimate of drug-likeness (QED) is 0.228. The molecule has 0 N–H and O–H groups in total. The van der Waals surface area contributed by atoms with E-state index in [2.05, 4.69) is 0 Å². The Kier molecular flexibility index (Phi) is 6.96. The van der Waals surface area contributed by atoms with E-state index < -0.39 is 23.1 Å². The smallest absolute Gasteiger partial charge is 0.193 e. The third kappa shape index (κ3) is 4.88. The molecule has 5 aromatic carbocycles. The Morgan fingerprint density at radius 2 is 0.474 bits per heavy atom. The van der Waals surface area contributed by atoms with Crippen LogP contribution in [0.4, 0.5) is 0 Å². The Bertz CT molecular complexity index is 1390. The summed E-state index contributed by atoms with van der Waals surface area (Å²) in [6, 6.07) is 37.0. The molecule has 0 aromatic heterocycles. The maximum atomic E-state index is 13.7. The van der Waals surface area contributed by atoms with Crippen molar-refractivity contribution in [3.63, 3.8) is 0 Å².